The zero-order valence-electron chi connectivity index (χ0n) is 14.2. The summed E-state index contributed by atoms with van der Waals surface area (Å²) in [4.78, 5) is 11.2. The molecule has 0 aliphatic carbocycles. The molecule has 0 amide bonds. The molecule has 0 saturated carbocycles. The van der Waals surface area contributed by atoms with Crippen LogP contribution in [0.2, 0.25) is 0 Å². The van der Waals surface area contributed by atoms with Gasteiger partial charge in [-0.1, -0.05) is 42.1 Å². The van der Waals surface area contributed by atoms with Gasteiger partial charge in [-0.3, -0.25) is 0 Å². The predicted molar refractivity (Wildman–Crippen MR) is 98.7 cm³/mol. The van der Waals surface area contributed by atoms with Crippen molar-refractivity contribution in [3.63, 3.8) is 0 Å². The van der Waals surface area contributed by atoms with Crippen LogP contribution in [0.15, 0.2) is 41.6 Å². The minimum atomic E-state index is 0.650. The molecule has 2 aromatic heterocycles. The summed E-state index contributed by atoms with van der Waals surface area (Å²) >= 11 is 1.63. The molecule has 7 heteroatoms. The van der Waals surface area contributed by atoms with Crippen molar-refractivity contribution < 1.29 is 0 Å². The quantitative estimate of drug-likeness (QED) is 0.665. The standard InChI is InChI=1S/C17H22N6S/c1-13-11-15(22(3)10-9-18-2)23-16(19-13)20-17(21-23)24-12-14-7-5-4-6-8-14/h4-8,11,18H,9-10,12H2,1-3H3. The summed E-state index contributed by atoms with van der Waals surface area (Å²) in [6, 6.07) is 12.4. The lowest BCUT2D eigenvalue weighted by atomic mass is 10.2. The number of benzene rings is 1. The van der Waals surface area contributed by atoms with Crippen molar-refractivity contribution in [2.24, 2.45) is 0 Å². The number of hydrogen-bond acceptors (Lipinski definition) is 6. The number of rotatable bonds is 7. The maximum atomic E-state index is 4.64. The number of nitrogens with zero attached hydrogens (tertiary/aromatic N) is 5. The van der Waals surface area contributed by atoms with Gasteiger partial charge < -0.3 is 10.2 Å². The highest BCUT2D eigenvalue weighted by Crippen LogP contribution is 2.22. The first kappa shape index (κ1) is 16.7. The zero-order valence-corrected chi connectivity index (χ0v) is 15.0. The molecule has 3 aromatic rings. The summed E-state index contributed by atoms with van der Waals surface area (Å²) in [6.45, 7) is 3.78. The highest BCUT2D eigenvalue weighted by molar-refractivity contribution is 7.98. The molecule has 1 N–H and O–H groups in total. The number of likely N-dealkylation sites (N-methyl/N-ethyl adjacent to an activating group) is 2. The fraction of sp³-hybridized carbons (Fsp3) is 0.353. The Bertz CT molecular complexity index is 801. The van der Waals surface area contributed by atoms with Crippen molar-refractivity contribution in [2.75, 3.05) is 32.1 Å². The molecule has 0 aliphatic rings. The molecule has 24 heavy (non-hydrogen) atoms. The molecule has 1 aromatic carbocycles. The van der Waals surface area contributed by atoms with E-state index in [0.717, 1.165) is 35.5 Å². The van der Waals surface area contributed by atoms with Gasteiger partial charge in [-0.2, -0.15) is 9.50 Å². The van der Waals surface area contributed by atoms with E-state index in [9.17, 15) is 0 Å². The van der Waals surface area contributed by atoms with Crippen molar-refractivity contribution in [3.05, 3.63) is 47.7 Å². The van der Waals surface area contributed by atoms with Crippen LogP contribution in [0.4, 0.5) is 5.82 Å². The van der Waals surface area contributed by atoms with Crippen LogP contribution >= 0.6 is 11.8 Å². The Balaban J connectivity index is 1.84. The smallest absolute Gasteiger partial charge is 0.255 e. The Morgan fingerprint density at radius 3 is 2.75 bits per heavy atom. The second-order valence-electron chi connectivity index (χ2n) is 5.66. The van der Waals surface area contributed by atoms with Gasteiger partial charge >= 0.3 is 0 Å². The molecule has 0 fully saturated rings. The number of aromatic nitrogens is 4. The Hall–Kier alpha value is -2.12. The van der Waals surface area contributed by atoms with Crippen LogP contribution in [0.5, 0.6) is 0 Å². The third-order valence-electron chi connectivity index (χ3n) is 3.70. The Kier molecular flexibility index (Phi) is 5.32. The molecule has 0 atom stereocenters. The first-order valence-electron chi connectivity index (χ1n) is 7.94. The van der Waals surface area contributed by atoms with Crippen LogP contribution in [-0.4, -0.2) is 46.8 Å². The molecule has 0 saturated heterocycles. The fourth-order valence-electron chi connectivity index (χ4n) is 2.40. The maximum absolute atomic E-state index is 4.64. The van der Waals surface area contributed by atoms with E-state index in [4.69, 9.17) is 0 Å². The first-order valence-corrected chi connectivity index (χ1v) is 8.93. The molecule has 3 rings (SSSR count). The van der Waals surface area contributed by atoms with Gasteiger partial charge in [0, 0.05) is 37.7 Å². The summed E-state index contributed by atoms with van der Waals surface area (Å²) in [5, 5.41) is 8.56. The molecule has 2 heterocycles. The number of aryl methyl sites for hydroxylation is 1. The third-order valence-corrected chi connectivity index (χ3v) is 4.61. The van der Waals surface area contributed by atoms with Crippen LogP contribution in [-0.2, 0) is 5.75 Å². The van der Waals surface area contributed by atoms with Gasteiger partial charge in [0.15, 0.2) is 0 Å². The van der Waals surface area contributed by atoms with Gasteiger partial charge in [-0.25, -0.2) is 4.98 Å². The van der Waals surface area contributed by atoms with Crippen LogP contribution in [0, 0.1) is 6.92 Å². The number of thioether (sulfide) groups is 1. The van der Waals surface area contributed by atoms with E-state index in [1.54, 1.807) is 11.8 Å². The third kappa shape index (κ3) is 3.85. The van der Waals surface area contributed by atoms with Crippen LogP contribution in [0.1, 0.15) is 11.3 Å². The molecule has 0 radical (unpaired) electrons. The van der Waals surface area contributed by atoms with Crippen molar-refractivity contribution in [3.8, 4) is 0 Å². The zero-order chi connectivity index (χ0) is 16.9. The average molecular weight is 342 g/mol. The number of anilines is 1. The number of fused-ring (bicyclic) bond motifs is 1. The van der Waals surface area contributed by atoms with E-state index in [0.29, 0.717) is 5.78 Å². The maximum Gasteiger partial charge on any atom is 0.255 e. The van der Waals surface area contributed by atoms with Crippen LogP contribution in [0.3, 0.4) is 0 Å². The van der Waals surface area contributed by atoms with E-state index >= 15 is 0 Å². The Morgan fingerprint density at radius 1 is 1.21 bits per heavy atom. The van der Waals surface area contributed by atoms with E-state index in [1.807, 2.05) is 42.8 Å². The van der Waals surface area contributed by atoms with Gasteiger partial charge in [-0.05, 0) is 19.5 Å². The van der Waals surface area contributed by atoms with Crippen LogP contribution < -0.4 is 10.2 Å². The normalized spacial score (nSPS) is 11.1. The number of nitrogens with one attached hydrogen (secondary N) is 1. The predicted octanol–water partition coefficient (Wildman–Crippen LogP) is 2.38. The molecule has 0 bridgehead atoms. The summed E-state index contributed by atoms with van der Waals surface area (Å²) in [6.07, 6.45) is 0. The lowest BCUT2D eigenvalue weighted by Crippen LogP contribution is -2.28. The highest BCUT2D eigenvalue weighted by Gasteiger charge is 2.13. The van der Waals surface area contributed by atoms with Gasteiger partial charge in [0.25, 0.3) is 5.78 Å². The molecule has 0 aliphatic heterocycles. The monoisotopic (exact) mass is 342 g/mol. The van der Waals surface area contributed by atoms with Crippen molar-refractivity contribution in [1.82, 2.24) is 24.9 Å². The van der Waals surface area contributed by atoms with Crippen LogP contribution in [0.25, 0.3) is 5.78 Å². The van der Waals surface area contributed by atoms with Gasteiger partial charge in [0.1, 0.15) is 5.82 Å². The van der Waals surface area contributed by atoms with E-state index in [2.05, 4.69) is 44.5 Å². The van der Waals surface area contributed by atoms with Crippen molar-refractivity contribution in [2.45, 2.75) is 17.8 Å². The lowest BCUT2D eigenvalue weighted by molar-refractivity contribution is 0.742. The fourth-order valence-corrected chi connectivity index (χ4v) is 3.17. The summed E-state index contributed by atoms with van der Waals surface area (Å²) in [7, 11) is 4.01. The minimum Gasteiger partial charge on any atom is -0.358 e. The van der Waals surface area contributed by atoms with E-state index < -0.39 is 0 Å². The molecular weight excluding hydrogens is 320 g/mol. The number of hydrogen-bond donors (Lipinski definition) is 1. The van der Waals surface area contributed by atoms with E-state index in [1.165, 1.54) is 5.56 Å². The van der Waals surface area contributed by atoms with Crippen molar-refractivity contribution in [1.29, 1.82) is 0 Å². The average Bonchev–Trinajstić information content (AvgIpc) is 3.00. The molecular formula is C17H22N6S. The molecule has 126 valence electrons. The Labute approximate surface area is 146 Å². The second-order valence-corrected chi connectivity index (χ2v) is 6.60. The summed E-state index contributed by atoms with van der Waals surface area (Å²) in [5.41, 5.74) is 2.21. The first-order chi connectivity index (χ1) is 11.7. The minimum absolute atomic E-state index is 0.650. The highest BCUT2D eigenvalue weighted by atomic mass is 32.2. The second kappa shape index (κ2) is 7.63. The van der Waals surface area contributed by atoms with Gasteiger partial charge in [0.2, 0.25) is 5.16 Å². The summed E-state index contributed by atoms with van der Waals surface area (Å²) < 4.78 is 1.83. The molecule has 0 spiro atoms. The topological polar surface area (TPSA) is 58.3 Å². The molecule has 6 nitrogen and oxygen atoms in total. The van der Waals surface area contributed by atoms with E-state index in [-0.39, 0.29) is 0 Å². The van der Waals surface area contributed by atoms with Gasteiger partial charge in [0.05, 0.1) is 0 Å². The summed E-state index contributed by atoms with van der Waals surface area (Å²) in [5.74, 6) is 2.51. The molecule has 0 unspecified atom stereocenters. The largest absolute Gasteiger partial charge is 0.358 e. The van der Waals surface area contributed by atoms with Gasteiger partial charge in [-0.15, -0.1) is 5.10 Å². The lowest BCUT2D eigenvalue weighted by Gasteiger charge is -2.19. The van der Waals surface area contributed by atoms with Crippen molar-refractivity contribution >= 4 is 23.4 Å². The Morgan fingerprint density at radius 2 is 2.00 bits per heavy atom. The SMILES string of the molecule is CNCCN(C)c1cc(C)nc2nc(SCc3ccccc3)nn12.